The summed E-state index contributed by atoms with van der Waals surface area (Å²) in [6.07, 6.45) is 0. The fraction of sp³-hybridized carbons (Fsp3) is 0.100. The van der Waals surface area contributed by atoms with Gasteiger partial charge in [0.05, 0.1) is 5.69 Å². The number of carbonyl (C=O) groups is 1. The van der Waals surface area contributed by atoms with Gasteiger partial charge in [0.25, 0.3) is 0 Å². The Balaban J connectivity index is 2.39. The molecule has 0 bridgehead atoms. The molecule has 0 aliphatic heterocycles. The van der Waals surface area contributed by atoms with Crippen molar-refractivity contribution in [1.29, 1.82) is 0 Å². The molecule has 2 rings (SSSR count). The number of ketones is 1. The first-order valence-corrected chi connectivity index (χ1v) is 4.26. The number of hydrogen-bond donors (Lipinski definition) is 1. The van der Waals surface area contributed by atoms with Crippen molar-refractivity contribution in [1.82, 2.24) is 15.4 Å². The molecule has 0 atom stereocenters. The van der Waals surface area contributed by atoms with Crippen LogP contribution in [0.5, 0.6) is 0 Å². The molecule has 4 nitrogen and oxygen atoms in total. The minimum atomic E-state index is -0.100. The molecule has 14 heavy (non-hydrogen) atoms. The van der Waals surface area contributed by atoms with E-state index in [1.54, 1.807) is 19.1 Å². The van der Waals surface area contributed by atoms with Crippen molar-refractivity contribution < 1.29 is 4.79 Å². The van der Waals surface area contributed by atoms with Gasteiger partial charge in [-0.05, 0) is 6.92 Å². The predicted molar refractivity (Wildman–Crippen MR) is 51.0 cm³/mol. The molecule has 4 heteroatoms. The molecule has 0 unspecified atom stereocenters. The molecular formula is C10H9N3O. The van der Waals surface area contributed by atoms with Crippen molar-refractivity contribution in [2.75, 3.05) is 0 Å². The van der Waals surface area contributed by atoms with Gasteiger partial charge in [-0.15, -0.1) is 0 Å². The molecule has 0 radical (unpaired) electrons. The highest BCUT2D eigenvalue weighted by atomic mass is 16.1. The number of hydrogen-bond acceptors (Lipinski definition) is 3. The Kier molecular flexibility index (Phi) is 2.10. The number of nitrogens with zero attached hydrogens (tertiary/aromatic N) is 2. The first-order chi connectivity index (χ1) is 6.79. The first kappa shape index (κ1) is 8.62. The van der Waals surface area contributed by atoms with E-state index in [4.69, 9.17) is 0 Å². The van der Waals surface area contributed by atoms with Crippen molar-refractivity contribution >= 4 is 5.78 Å². The molecule has 70 valence electrons. The second kappa shape index (κ2) is 3.41. The van der Waals surface area contributed by atoms with E-state index in [1.165, 1.54) is 0 Å². The molecule has 0 aliphatic rings. The van der Waals surface area contributed by atoms with Crippen LogP contribution in [0.1, 0.15) is 21.7 Å². The van der Waals surface area contributed by atoms with Crippen LogP contribution >= 0.6 is 0 Å². The highest BCUT2D eigenvalue weighted by Crippen LogP contribution is 2.08. The molecule has 0 aliphatic carbocycles. The lowest BCUT2D eigenvalue weighted by Gasteiger charge is -1.96. The fourth-order valence-corrected chi connectivity index (χ4v) is 1.23. The molecule has 0 spiro atoms. The van der Waals surface area contributed by atoms with Gasteiger partial charge in [0, 0.05) is 5.56 Å². The zero-order valence-electron chi connectivity index (χ0n) is 7.69. The summed E-state index contributed by atoms with van der Waals surface area (Å²) in [6, 6.07) is 9.03. The van der Waals surface area contributed by atoms with E-state index in [9.17, 15) is 4.79 Å². The summed E-state index contributed by atoms with van der Waals surface area (Å²) in [5.74, 6) is -0.100. The van der Waals surface area contributed by atoms with Crippen molar-refractivity contribution in [2.45, 2.75) is 6.92 Å². The van der Waals surface area contributed by atoms with Crippen LogP contribution in [0.25, 0.3) is 0 Å². The van der Waals surface area contributed by atoms with Gasteiger partial charge in [0.2, 0.25) is 5.78 Å². The first-order valence-electron chi connectivity index (χ1n) is 4.26. The Labute approximate surface area is 81.0 Å². The topological polar surface area (TPSA) is 58.6 Å². The van der Waals surface area contributed by atoms with E-state index >= 15 is 0 Å². The average Bonchev–Trinajstić information content (AvgIpc) is 2.65. The summed E-state index contributed by atoms with van der Waals surface area (Å²) in [5.41, 5.74) is 1.64. The molecule has 0 amide bonds. The van der Waals surface area contributed by atoms with E-state index in [0.29, 0.717) is 17.0 Å². The molecule has 0 saturated heterocycles. The standard InChI is InChI=1S/C10H9N3O/c1-7-9(12-13-11-7)10(14)8-5-3-2-4-6-8/h2-6H,1H3,(H,11,12,13). The number of H-pyrrole nitrogens is 1. The third-order valence-electron chi connectivity index (χ3n) is 1.97. The van der Waals surface area contributed by atoms with Gasteiger partial charge in [-0.25, -0.2) is 0 Å². The highest BCUT2D eigenvalue weighted by Gasteiger charge is 2.14. The van der Waals surface area contributed by atoms with Gasteiger partial charge < -0.3 is 0 Å². The van der Waals surface area contributed by atoms with Gasteiger partial charge in [-0.2, -0.15) is 15.4 Å². The molecule has 1 aromatic carbocycles. The van der Waals surface area contributed by atoms with Gasteiger partial charge in [0.15, 0.2) is 5.69 Å². The summed E-state index contributed by atoms with van der Waals surface area (Å²) >= 11 is 0. The molecule has 0 saturated carbocycles. The van der Waals surface area contributed by atoms with Crippen molar-refractivity contribution in [3.63, 3.8) is 0 Å². The zero-order valence-corrected chi connectivity index (χ0v) is 7.69. The third-order valence-corrected chi connectivity index (χ3v) is 1.97. The number of nitrogens with one attached hydrogen (secondary N) is 1. The maximum Gasteiger partial charge on any atom is 0.215 e. The largest absolute Gasteiger partial charge is 0.287 e. The van der Waals surface area contributed by atoms with Crippen LogP contribution in [0.3, 0.4) is 0 Å². The average molecular weight is 187 g/mol. The quantitative estimate of drug-likeness (QED) is 0.722. The van der Waals surface area contributed by atoms with Crippen LogP contribution in [0.4, 0.5) is 0 Å². The fourth-order valence-electron chi connectivity index (χ4n) is 1.23. The highest BCUT2D eigenvalue weighted by molar-refractivity contribution is 6.08. The molecule has 1 N–H and O–H groups in total. The molecule has 1 heterocycles. The van der Waals surface area contributed by atoms with Gasteiger partial charge in [-0.1, -0.05) is 30.3 Å². The number of aryl methyl sites for hydroxylation is 1. The van der Waals surface area contributed by atoms with E-state index in [1.807, 2.05) is 18.2 Å². The predicted octanol–water partition coefficient (Wildman–Crippen LogP) is 1.34. The van der Waals surface area contributed by atoms with Crippen molar-refractivity contribution in [3.05, 3.63) is 47.3 Å². The minimum Gasteiger partial charge on any atom is -0.287 e. The van der Waals surface area contributed by atoms with E-state index in [0.717, 1.165) is 0 Å². The van der Waals surface area contributed by atoms with Crippen molar-refractivity contribution in [3.8, 4) is 0 Å². The molecule has 2 aromatic rings. The number of rotatable bonds is 2. The van der Waals surface area contributed by atoms with Gasteiger partial charge in [0.1, 0.15) is 0 Å². The van der Waals surface area contributed by atoms with Crippen LogP contribution in [0.15, 0.2) is 30.3 Å². The maximum absolute atomic E-state index is 11.8. The maximum atomic E-state index is 11.8. The number of aromatic amines is 1. The van der Waals surface area contributed by atoms with Crippen LogP contribution in [-0.4, -0.2) is 21.2 Å². The Morgan fingerprint density at radius 3 is 2.50 bits per heavy atom. The smallest absolute Gasteiger partial charge is 0.215 e. The Hall–Kier alpha value is -1.97. The van der Waals surface area contributed by atoms with Crippen LogP contribution in [0, 0.1) is 6.92 Å². The van der Waals surface area contributed by atoms with Crippen LogP contribution < -0.4 is 0 Å². The normalized spacial score (nSPS) is 10.1. The van der Waals surface area contributed by atoms with Gasteiger partial charge >= 0.3 is 0 Å². The molecule has 1 aromatic heterocycles. The summed E-state index contributed by atoms with van der Waals surface area (Å²) in [7, 11) is 0. The lowest BCUT2D eigenvalue weighted by Crippen LogP contribution is -2.03. The second-order valence-electron chi connectivity index (χ2n) is 2.95. The number of benzene rings is 1. The summed E-state index contributed by atoms with van der Waals surface area (Å²) in [4.78, 5) is 11.8. The Morgan fingerprint density at radius 2 is 1.93 bits per heavy atom. The molecule has 0 fully saturated rings. The number of carbonyl (C=O) groups excluding carboxylic acids is 1. The lowest BCUT2D eigenvalue weighted by molar-refractivity contribution is 0.103. The Morgan fingerprint density at radius 1 is 1.21 bits per heavy atom. The minimum absolute atomic E-state index is 0.100. The Bertz CT molecular complexity index is 447. The molecular weight excluding hydrogens is 178 g/mol. The summed E-state index contributed by atoms with van der Waals surface area (Å²) in [5, 5.41) is 10.0. The van der Waals surface area contributed by atoms with Crippen molar-refractivity contribution in [2.24, 2.45) is 0 Å². The van der Waals surface area contributed by atoms with Gasteiger partial charge in [-0.3, -0.25) is 4.79 Å². The monoisotopic (exact) mass is 187 g/mol. The van der Waals surface area contributed by atoms with Crippen LogP contribution in [0.2, 0.25) is 0 Å². The number of aromatic nitrogens is 3. The SMILES string of the molecule is Cc1n[nH]nc1C(=O)c1ccccc1. The van der Waals surface area contributed by atoms with E-state index < -0.39 is 0 Å². The lowest BCUT2D eigenvalue weighted by atomic mass is 10.1. The van der Waals surface area contributed by atoms with E-state index in [2.05, 4.69) is 15.4 Å². The summed E-state index contributed by atoms with van der Waals surface area (Å²) < 4.78 is 0. The second-order valence-corrected chi connectivity index (χ2v) is 2.95. The third kappa shape index (κ3) is 1.42. The summed E-state index contributed by atoms with van der Waals surface area (Å²) in [6.45, 7) is 1.75. The zero-order chi connectivity index (χ0) is 9.97. The van der Waals surface area contributed by atoms with Crippen LogP contribution in [-0.2, 0) is 0 Å². The van der Waals surface area contributed by atoms with E-state index in [-0.39, 0.29) is 5.78 Å².